The third kappa shape index (κ3) is 59.2. The first-order chi connectivity index (χ1) is 28.6. The van der Waals surface area contributed by atoms with Crippen molar-refractivity contribution in [1.82, 2.24) is 0 Å². The Kier molecular flexibility index (Phi) is 47.5. The maximum Gasteiger partial charge on any atom is 0.314 e. The molecule has 0 saturated heterocycles. The molecule has 1 aliphatic rings. The lowest BCUT2D eigenvalue weighted by molar-refractivity contribution is 0.224. The van der Waals surface area contributed by atoms with Gasteiger partial charge in [-0.25, -0.2) is 0 Å². The highest BCUT2D eigenvalue weighted by atomic mass is 28.5. The normalized spacial score (nSPS) is 15.7. The van der Waals surface area contributed by atoms with Crippen LogP contribution in [0.4, 0.5) is 0 Å². The van der Waals surface area contributed by atoms with Crippen LogP contribution in [0.3, 0.4) is 0 Å². The fourth-order valence-corrected chi connectivity index (χ4v) is 41.0. The summed E-state index contributed by atoms with van der Waals surface area (Å²) in [6.45, 7) is 57.6. The lowest BCUT2D eigenvalue weighted by Gasteiger charge is -2.44. The van der Waals surface area contributed by atoms with Crippen LogP contribution < -0.4 is 0 Å². The Morgan fingerprint density at radius 1 is 0.571 bits per heavy atom. The molecule has 0 radical (unpaired) electrons. The lowest BCUT2D eigenvalue weighted by atomic mass is 10.2. The molecule has 3 atom stereocenters. The molecule has 0 aromatic rings. The minimum atomic E-state index is -2.47. The number of ether oxygens (including phenoxy) is 1. The van der Waals surface area contributed by atoms with Crippen LogP contribution in [-0.2, 0) is 34.5 Å². The minimum absolute atomic E-state index is 0.156. The van der Waals surface area contributed by atoms with E-state index in [2.05, 4.69) is 138 Å². The van der Waals surface area contributed by atoms with E-state index in [0.717, 1.165) is 18.3 Å². The van der Waals surface area contributed by atoms with Gasteiger partial charge in [-0.05, 0) is 149 Å². The fraction of sp³-hybridized carbons (Fsp3) is 0.854. The third-order valence-electron chi connectivity index (χ3n) is 8.79. The standard InChI is InChI=1S/C17H48O5Si6.C7H14.C5H18O2Si3.3C4H10OSi/c1-17(20-24(5)6)26(9,10)21-28(12,14-13-25(7,8)18)22-27(11,15-19-2)16-23(3)4;1-2-4-6-7-5-3-1;1-8(2)6-10(5)7-9(3)4;1-4-6(2,3)5;2*1-4-5-6(2)3/h17-18,23-24H,13-16H2,1-12H3;1-7H2;8-10H,1-5H3;4-5H,1H2,2-3H3;2*4,6H,1H2,2-3H3. The zero-order valence-corrected chi connectivity index (χ0v) is 59.0. The monoisotopic (exact) mass is 1100 g/mol. The number of hydrogen-bond donors (Lipinski definition) is 2. The first-order valence-corrected chi connectivity index (χ1v) is 57.7. The lowest BCUT2D eigenvalue weighted by Crippen LogP contribution is -2.61. The maximum atomic E-state index is 10.5. The smallest absolute Gasteiger partial charge is 0.314 e. The Hall–Kier alpha value is 1.10. The largest absolute Gasteiger partial charge is 0.553 e. The summed E-state index contributed by atoms with van der Waals surface area (Å²) in [6, 6.07) is 1.68. The van der Waals surface area contributed by atoms with E-state index in [4.69, 9.17) is 39.3 Å². The Balaban J connectivity index is -0.000000257. The zero-order valence-electron chi connectivity index (χ0n) is 45.9. The van der Waals surface area contributed by atoms with Crippen molar-refractivity contribution in [3.05, 3.63) is 38.0 Å². The van der Waals surface area contributed by atoms with Gasteiger partial charge in [-0.2, -0.15) is 0 Å². The molecule has 0 aromatic carbocycles. The summed E-state index contributed by atoms with van der Waals surface area (Å²) in [5.74, 6) is 0. The Bertz CT molecular complexity index is 1040. The van der Waals surface area contributed by atoms with E-state index in [-0.39, 0.29) is 5.73 Å². The molecule has 22 heteroatoms. The van der Waals surface area contributed by atoms with Crippen LogP contribution in [-0.4, -0.2) is 134 Å². The molecule has 1 fully saturated rings. The maximum absolute atomic E-state index is 10.5. The van der Waals surface area contributed by atoms with Gasteiger partial charge in [0, 0.05) is 15.9 Å². The molecule has 3 unspecified atom stereocenters. The van der Waals surface area contributed by atoms with Gasteiger partial charge in [0.05, 0.1) is 24.5 Å². The number of methoxy groups -OCH3 is 1. The van der Waals surface area contributed by atoms with Gasteiger partial charge in [-0.15, -0.1) is 6.58 Å². The molecule has 0 spiro atoms. The van der Waals surface area contributed by atoms with Crippen LogP contribution in [0.15, 0.2) is 38.0 Å². The second kappa shape index (κ2) is 40.9. The summed E-state index contributed by atoms with van der Waals surface area (Å²) >= 11 is 0. The average molecular weight is 1100 g/mol. The molecule has 382 valence electrons. The molecule has 1 saturated carbocycles. The summed E-state index contributed by atoms with van der Waals surface area (Å²) in [7, 11) is -15.2. The van der Waals surface area contributed by atoms with Crippen LogP contribution in [0.25, 0.3) is 0 Å². The third-order valence-corrected chi connectivity index (χ3v) is 40.3. The van der Waals surface area contributed by atoms with Crippen molar-refractivity contribution in [2.24, 2.45) is 0 Å². The highest BCUT2D eigenvalue weighted by molar-refractivity contribution is 6.93. The van der Waals surface area contributed by atoms with Crippen molar-refractivity contribution >= 4 is 105 Å². The van der Waals surface area contributed by atoms with E-state index in [9.17, 15) is 4.80 Å². The van der Waals surface area contributed by atoms with Gasteiger partial charge >= 0.3 is 8.56 Å². The van der Waals surface area contributed by atoms with Crippen LogP contribution >= 0.6 is 0 Å². The predicted molar refractivity (Wildman–Crippen MR) is 313 cm³/mol. The summed E-state index contributed by atoms with van der Waals surface area (Å²) in [6.07, 6.45) is 14.2. The SMILES string of the molecule is C1CCCCCC1.C=CO[SiH](C)C.C=CO[SiH](C)C.C=C[Si](C)(C)O.COC[Si](C)(C[SiH](C)C)O[Si](C)(CC[Si](C)(C)O)O[Si](C)(C)C(C)O[SiH](C)C.C[SiH](C)O[SiH](C)O[SiH](C)C. The van der Waals surface area contributed by atoms with Crippen LogP contribution in [0, 0.1) is 0 Å². The second-order valence-electron chi connectivity index (χ2n) is 20.5. The van der Waals surface area contributed by atoms with E-state index in [1.54, 1.807) is 12.8 Å². The second-order valence-corrected chi connectivity index (χ2v) is 59.0. The summed E-state index contributed by atoms with van der Waals surface area (Å²) in [5, 5.41) is 0. The van der Waals surface area contributed by atoms with E-state index in [1.165, 1.54) is 63.1 Å². The average Bonchev–Trinajstić information content (AvgIpc) is 3.40. The van der Waals surface area contributed by atoms with E-state index in [0.29, 0.717) is 0 Å². The molecule has 10 nitrogen and oxygen atoms in total. The molecule has 1 aliphatic carbocycles. The van der Waals surface area contributed by atoms with E-state index < -0.39 is 105 Å². The van der Waals surface area contributed by atoms with E-state index >= 15 is 0 Å². The van der Waals surface area contributed by atoms with Gasteiger partial charge in [0.15, 0.2) is 35.4 Å². The Labute approximate surface area is 410 Å². The topological polar surface area (TPSA) is 114 Å². The fourth-order valence-electron chi connectivity index (χ4n) is 6.11. The molecule has 1 rings (SSSR count). The summed E-state index contributed by atoms with van der Waals surface area (Å²) in [5.41, 5.74) is 2.98. The van der Waals surface area contributed by atoms with Crippen LogP contribution in [0.1, 0.15) is 51.9 Å². The predicted octanol–water partition coefficient (Wildman–Crippen LogP) is 10.9. The number of rotatable bonds is 23. The summed E-state index contributed by atoms with van der Waals surface area (Å²) in [4.78, 5) is 19.3. The van der Waals surface area contributed by atoms with Crippen LogP contribution in [0.5, 0.6) is 0 Å². The van der Waals surface area contributed by atoms with Crippen molar-refractivity contribution in [3.63, 3.8) is 0 Å². The van der Waals surface area contributed by atoms with Crippen LogP contribution in [0.2, 0.25) is 155 Å². The quantitative estimate of drug-likeness (QED) is 0.0582. The van der Waals surface area contributed by atoms with Gasteiger partial charge in [-0.3, -0.25) is 0 Å². The van der Waals surface area contributed by atoms with Crippen molar-refractivity contribution in [2.75, 3.05) is 13.3 Å². The molecule has 63 heavy (non-hydrogen) atoms. The Morgan fingerprint density at radius 2 is 0.937 bits per heavy atom. The molecule has 0 bridgehead atoms. The zero-order chi connectivity index (χ0) is 50.7. The van der Waals surface area contributed by atoms with Gasteiger partial charge in [0.25, 0.3) is 9.28 Å². The van der Waals surface area contributed by atoms with E-state index in [1.807, 2.05) is 26.2 Å². The Morgan fingerprint density at radius 3 is 1.16 bits per heavy atom. The van der Waals surface area contributed by atoms with Crippen molar-refractivity contribution in [2.45, 2.75) is 213 Å². The highest BCUT2D eigenvalue weighted by Crippen LogP contribution is 2.31. The summed E-state index contributed by atoms with van der Waals surface area (Å²) < 4.78 is 47.0. The number of hydrogen-bond acceptors (Lipinski definition) is 10. The van der Waals surface area contributed by atoms with Gasteiger partial charge in [-0.1, -0.05) is 76.9 Å². The van der Waals surface area contributed by atoms with Crippen molar-refractivity contribution < 1.29 is 44.1 Å². The van der Waals surface area contributed by atoms with Crippen molar-refractivity contribution in [1.29, 1.82) is 0 Å². The minimum Gasteiger partial charge on any atom is -0.553 e. The molecule has 0 aliphatic heterocycles. The molecule has 0 amide bonds. The molecule has 2 N–H and O–H groups in total. The first kappa shape index (κ1) is 73.1. The molecule has 0 aromatic heterocycles. The first-order valence-electron chi connectivity index (χ1n) is 24.0. The molecular formula is C41H110O10Si12. The van der Waals surface area contributed by atoms with Crippen molar-refractivity contribution in [3.8, 4) is 0 Å². The highest BCUT2D eigenvalue weighted by Gasteiger charge is 2.47. The molecular weight excluding hydrogens is 989 g/mol. The van der Waals surface area contributed by atoms with Gasteiger partial charge < -0.3 is 44.1 Å². The molecule has 0 heterocycles. The van der Waals surface area contributed by atoms with Gasteiger partial charge in [0.2, 0.25) is 43.0 Å². The van der Waals surface area contributed by atoms with Gasteiger partial charge in [0.1, 0.15) is 0 Å².